The highest BCUT2D eigenvalue weighted by Crippen LogP contribution is 2.67. The lowest BCUT2D eigenvalue weighted by Crippen LogP contribution is -2.56. The lowest BCUT2D eigenvalue weighted by Gasteiger charge is -2.60. The molecule has 29 heavy (non-hydrogen) atoms. The van der Waals surface area contributed by atoms with Crippen LogP contribution in [0.5, 0.6) is 0 Å². The molecule has 0 radical (unpaired) electrons. The highest BCUT2D eigenvalue weighted by molar-refractivity contribution is 5.88. The predicted octanol–water partition coefficient (Wildman–Crippen LogP) is 7.94. The Kier molecular flexibility index (Phi) is 6.13. The van der Waals surface area contributed by atoms with Gasteiger partial charge in [0.25, 0.3) is 0 Å². The van der Waals surface area contributed by atoms with Gasteiger partial charge in [0.15, 0.2) is 0 Å². The van der Waals surface area contributed by atoms with Gasteiger partial charge >= 0.3 is 0 Å². The minimum atomic E-state index is 0.465. The van der Waals surface area contributed by atoms with Crippen molar-refractivity contribution in [1.82, 2.24) is 0 Å². The van der Waals surface area contributed by atoms with E-state index in [1.807, 2.05) is 0 Å². The van der Waals surface area contributed by atoms with Crippen LogP contribution in [0.3, 0.4) is 0 Å². The van der Waals surface area contributed by atoms with E-state index in [1.165, 1.54) is 76.3 Å². The Hall–Kier alpha value is -0.530. The summed E-state index contributed by atoms with van der Waals surface area (Å²) < 4.78 is 0. The van der Waals surface area contributed by atoms with Crippen LogP contribution in [0.1, 0.15) is 112 Å². The summed E-state index contributed by atoms with van der Waals surface area (Å²) in [6.07, 6.45) is 16.4. The van der Waals surface area contributed by atoms with Crippen molar-refractivity contribution in [3.05, 3.63) is 0 Å². The predicted molar refractivity (Wildman–Crippen MR) is 122 cm³/mol. The number of oxime groups is 1. The van der Waals surface area contributed by atoms with Crippen molar-refractivity contribution in [3.8, 4) is 0 Å². The number of hydrogen-bond donors (Lipinski definition) is 1. The van der Waals surface area contributed by atoms with Crippen molar-refractivity contribution in [1.29, 1.82) is 0 Å². The molecule has 0 aromatic rings. The Morgan fingerprint density at radius 3 is 2.41 bits per heavy atom. The number of rotatable bonds is 5. The lowest BCUT2D eigenvalue weighted by atomic mass is 9.44. The summed E-state index contributed by atoms with van der Waals surface area (Å²) >= 11 is 0. The molecule has 0 unspecified atom stereocenters. The smallest absolute Gasteiger partial charge is 0.0610 e. The molecule has 2 nitrogen and oxygen atoms in total. The van der Waals surface area contributed by atoms with Crippen molar-refractivity contribution in [2.45, 2.75) is 112 Å². The van der Waals surface area contributed by atoms with Gasteiger partial charge in [-0.05, 0) is 91.3 Å². The molecule has 4 saturated carbocycles. The van der Waals surface area contributed by atoms with E-state index in [0.29, 0.717) is 16.7 Å². The van der Waals surface area contributed by atoms with Crippen molar-refractivity contribution >= 4 is 5.71 Å². The average molecular weight is 402 g/mol. The minimum absolute atomic E-state index is 0.465. The summed E-state index contributed by atoms with van der Waals surface area (Å²) in [5, 5.41) is 14.0. The molecule has 166 valence electrons. The van der Waals surface area contributed by atoms with Gasteiger partial charge in [0.05, 0.1) is 5.71 Å². The van der Waals surface area contributed by atoms with Gasteiger partial charge in [0.1, 0.15) is 0 Å². The van der Waals surface area contributed by atoms with Crippen LogP contribution in [0.4, 0.5) is 0 Å². The Balaban J connectivity index is 1.55. The fourth-order valence-corrected chi connectivity index (χ4v) is 9.12. The number of hydrogen-bond acceptors (Lipinski definition) is 2. The Labute approximate surface area is 180 Å². The van der Waals surface area contributed by atoms with Gasteiger partial charge in [-0.25, -0.2) is 0 Å². The fraction of sp³-hybridized carbons (Fsp3) is 0.963. The zero-order valence-corrected chi connectivity index (χ0v) is 19.9. The summed E-state index contributed by atoms with van der Waals surface area (Å²) in [7, 11) is 0. The molecule has 0 spiro atoms. The van der Waals surface area contributed by atoms with Crippen LogP contribution in [0.25, 0.3) is 0 Å². The molecule has 4 aliphatic carbocycles. The maximum Gasteiger partial charge on any atom is 0.0610 e. The molecule has 4 rings (SSSR count). The van der Waals surface area contributed by atoms with Crippen LogP contribution in [-0.2, 0) is 0 Å². The van der Waals surface area contributed by atoms with Crippen LogP contribution in [-0.4, -0.2) is 10.9 Å². The van der Waals surface area contributed by atoms with Gasteiger partial charge in [-0.2, -0.15) is 0 Å². The first-order valence-corrected chi connectivity index (χ1v) is 13.0. The Bertz CT molecular complexity index is 612. The molecule has 0 amide bonds. The van der Waals surface area contributed by atoms with E-state index < -0.39 is 0 Å². The van der Waals surface area contributed by atoms with Gasteiger partial charge in [-0.1, -0.05) is 71.9 Å². The van der Waals surface area contributed by atoms with Crippen molar-refractivity contribution < 1.29 is 5.21 Å². The number of nitrogens with zero attached hydrogens (tertiary/aromatic N) is 1. The topological polar surface area (TPSA) is 32.6 Å². The molecule has 0 aromatic heterocycles. The first-order chi connectivity index (χ1) is 13.8. The van der Waals surface area contributed by atoms with Crippen LogP contribution < -0.4 is 0 Å². The summed E-state index contributed by atoms with van der Waals surface area (Å²) in [5.41, 5.74) is 2.16. The summed E-state index contributed by atoms with van der Waals surface area (Å²) in [6.45, 7) is 12.5. The van der Waals surface area contributed by atoms with E-state index in [-0.39, 0.29) is 0 Å². The third kappa shape index (κ3) is 3.59. The zero-order chi connectivity index (χ0) is 20.8. The number of fused-ring (bicyclic) bond motifs is 5. The van der Waals surface area contributed by atoms with Crippen molar-refractivity contribution in [2.75, 3.05) is 0 Å². The molecule has 0 aliphatic heterocycles. The molecular weight excluding hydrogens is 354 g/mol. The van der Waals surface area contributed by atoms with Gasteiger partial charge in [0.2, 0.25) is 0 Å². The monoisotopic (exact) mass is 401 g/mol. The molecular formula is C27H47NO. The summed E-state index contributed by atoms with van der Waals surface area (Å²) in [6, 6.07) is 0. The Morgan fingerprint density at radius 1 is 0.931 bits per heavy atom. The van der Waals surface area contributed by atoms with Gasteiger partial charge in [0, 0.05) is 5.92 Å². The second-order valence-corrected chi connectivity index (χ2v) is 12.5. The minimum Gasteiger partial charge on any atom is -0.411 e. The zero-order valence-electron chi connectivity index (χ0n) is 19.9. The quantitative estimate of drug-likeness (QED) is 0.368. The van der Waals surface area contributed by atoms with E-state index in [2.05, 4.69) is 39.8 Å². The van der Waals surface area contributed by atoms with E-state index in [9.17, 15) is 5.21 Å². The maximum atomic E-state index is 10.0. The van der Waals surface area contributed by atoms with Crippen LogP contribution in [0.15, 0.2) is 5.16 Å². The molecule has 8 atom stereocenters. The van der Waals surface area contributed by atoms with E-state index in [0.717, 1.165) is 41.9 Å². The Morgan fingerprint density at radius 2 is 1.69 bits per heavy atom. The molecule has 4 fully saturated rings. The first kappa shape index (κ1) is 21.7. The fourth-order valence-electron chi connectivity index (χ4n) is 9.12. The van der Waals surface area contributed by atoms with Crippen LogP contribution in [0.2, 0.25) is 0 Å². The first-order valence-electron chi connectivity index (χ1n) is 13.0. The molecule has 0 bridgehead atoms. The standard InChI is InChI=1S/C27H47NO/c1-18(2)9-8-10-19(3)21-12-13-22-25-23(14-16-27(21,22)5)26(4)15-7-6-11-20(26)17-24(25)28-29/h18-23,25,29H,6-17H2,1-5H3/b28-24+/t19-,20-,21+,22-,23-,25+,26+,27-/m1/s1. The summed E-state index contributed by atoms with van der Waals surface area (Å²) in [5.74, 6) is 5.39. The second kappa shape index (κ2) is 8.19. The molecule has 0 heterocycles. The highest BCUT2D eigenvalue weighted by Gasteiger charge is 2.62. The summed E-state index contributed by atoms with van der Waals surface area (Å²) in [4.78, 5) is 0. The van der Waals surface area contributed by atoms with Crippen molar-refractivity contribution in [2.24, 2.45) is 57.4 Å². The lowest BCUT2D eigenvalue weighted by molar-refractivity contribution is -0.0728. The van der Waals surface area contributed by atoms with E-state index in [1.54, 1.807) is 0 Å². The van der Waals surface area contributed by atoms with Gasteiger partial charge < -0.3 is 5.21 Å². The van der Waals surface area contributed by atoms with E-state index in [4.69, 9.17) is 0 Å². The highest BCUT2D eigenvalue weighted by atomic mass is 16.4. The maximum absolute atomic E-state index is 10.0. The molecule has 0 aromatic carbocycles. The van der Waals surface area contributed by atoms with Gasteiger partial charge in [-0.3, -0.25) is 0 Å². The third-order valence-corrected chi connectivity index (χ3v) is 10.7. The molecule has 4 aliphatic rings. The molecule has 0 saturated heterocycles. The largest absolute Gasteiger partial charge is 0.411 e. The third-order valence-electron chi connectivity index (χ3n) is 10.7. The van der Waals surface area contributed by atoms with Crippen LogP contribution in [0, 0.1) is 52.3 Å². The average Bonchev–Trinajstić information content (AvgIpc) is 3.04. The van der Waals surface area contributed by atoms with Gasteiger partial charge in [-0.15, -0.1) is 0 Å². The van der Waals surface area contributed by atoms with Crippen molar-refractivity contribution in [3.63, 3.8) is 0 Å². The molecule has 2 heteroatoms. The molecule has 1 N–H and O–H groups in total. The second-order valence-electron chi connectivity index (χ2n) is 12.5. The normalized spacial score (nSPS) is 47.0. The van der Waals surface area contributed by atoms with Crippen LogP contribution >= 0.6 is 0 Å². The SMILES string of the molecule is CC(C)CCC[C@@H](C)[C@@H]1CC[C@@H]2[C@@H]3/C(=N/O)C[C@H]4CCCC[C@]4(C)[C@@H]3CC[C@@]21C. The van der Waals surface area contributed by atoms with E-state index >= 15 is 0 Å².